The van der Waals surface area contributed by atoms with E-state index in [1.807, 2.05) is 24.0 Å². The Labute approximate surface area is 165 Å². The van der Waals surface area contributed by atoms with Gasteiger partial charge in [0.15, 0.2) is 0 Å². The van der Waals surface area contributed by atoms with Crippen molar-refractivity contribution >= 4 is 18.0 Å². The first-order chi connectivity index (χ1) is 13.6. The van der Waals surface area contributed by atoms with Crippen LogP contribution in [0.3, 0.4) is 0 Å². The van der Waals surface area contributed by atoms with Crippen LogP contribution in [0.1, 0.15) is 38.2 Å². The summed E-state index contributed by atoms with van der Waals surface area (Å²) in [6.45, 7) is 6.60. The van der Waals surface area contributed by atoms with E-state index in [2.05, 4.69) is 15.2 Å². The van der Waals surface area contributed by atoms with E-state index in [-0.39, 0.29) is 6.09 Å². The minimum Gasteiger partial charge on any atom is -0.450 e. The molecule has 2 saturated heterocycles. The van der Waals surface area contributed by atoms with E-state index in [0.29, 0.717) is 18.3 Å². The number of fused-ring (bicyclic) bond motifs is 2. The molecule has 2 amide bonds. The number of rotatable bonds is 3. The minimum atomic E-state index is -0.560. The first-order valence-electron chi connectivity index (χ1n) is 10.2. The lowest BCUT2D eigenvalue weighted by atomic mass is 9.83. The molecule has 0 bridgehead atoms. The van der Waals surface area contributed by atoms with E-state index < -0.39 is 11.7 Å². The summed E-state index contributed by atoms with van der Waals surface area (Å²) in [6.07, 6.45) is 4.65. The highest BCUT2D eigenvalue weighted by Crippen LogP contribution is 2.42. The summed E-state index contributed by atoms with van der Waals surface area (Å²) in [5.74, 6) is 1.21. The summed E-state index contributed by atoms with van der Waals surface area (Å²) in [6, 6.07) is 3.90. The number of likely N-dealkylation sites (tertiary alicyclic amines) is 2. The molecule has 4 heterocycles. The number of pyridine rings is 1. The molecule has 8 nitrogen and oxygen atoms in total. The number of nitrogens with zero attached hydrogens (tertiary/aromatic N) is 3. The summed E-state index contributed by atoms with van der Waals surface area (Å²) in [5, 5.41) is 2.70. The van der Waals surface area contributed by atoms with E-state index in [1.54, 1.807) is 6.20 Å². The fraction of sp³-hybridized carbons (Fsp3) is 0.650. The summed E-state index contributed by atoms with van der Waals surface area (Å²) >= 11 is 0. The molecule has 3 aliphatic rings. The molecule has 1 N–H and O–H groups in total. The van der Waals surface area contributed by atoms with Crippen molar-refractivity contribution in [1.29, 1.82) is 0 Å². The quantitative estimate of drug-likeness (QED) is 0.857. The Bertz CT molecular complexity index is 725. The fourth-order valence-corrected chi connectivity index (χ4v) is 4.57. The van der Waals surface area contributed by atoms with E-state index >= 15 is 0 Å². The molecule has 1 spiro atoms. The van der Waals surface area contributed by atoms with Crippen molar-refractivity contribution in [3.8, 4) is 0 Å². The van der Waals surface area contributed by atoms with Gasteiger partial charge in [-0.25, -0.2) is 14.6 Å². The lowest BCUT2D eigenvalue weighted by molar-refractivity contribution is -0.0418. The molecule has 0 aliphatic carbocycles. The third-order valence-corrected chi connectivity index (χ3v) is 6.13. The molecule has 0 unspecified atom stereocenters. The largest absolute Gasteiger partial charge is 0.450 e. The molecule has 28 heavy (non-hydrogen) atoms. The third-order valence-electron chi connectivity index (χ3n) is 6.13. The summed E-state index contributed by atoms with van der Waals surface area (Å²) in [7, 11) is 0. The van der Waals surface area contributed by atoms with Gasteiger partial charge in [0.25, 0.3) is 0 Å². The van der Waals surface area contributed by atoms with E-state index in [9.17, 15) is 9.59 Å². The van der Waals surface area contributed by atoms with Crippen molar-refractivity contribution in [3.63, 3.8) is 0 Å². The molecule has 8 heteroatoms. The Morgan fingerprint density at radius 1 is 1.32 bits per heavy atom. The van der Waals surface area contributed by atoms with Crippen LogP contribution in [0.15, 0.2) is 18.3 Å². The maximum Gasteiger partial charge on any atom is 0.413 e. The fourth-order valence-electron chi connectivity index (χ4n) is 4.57. The van der Waals surface area contributed by atoms with E-state index in [0.717, 1.165) is 64.0 Å². The van der Waals surface area contributed by atoms with Crippen molar-refractivity contribution in [1.82, 2.24) is 14.8 Å². The van der Waals surface area contributed by atoms with Crippen LogP contribution in [0.25, 0.3) is 0 Å². The molecule has 0 saturated carbocycles. The lowest BCUT2D eigenvalue weighted by Crippen LogP contribution is -2.50. The average Bonchev–Trinajstić information content (AvgIpc) is 2.70. The maximum atomic E-state index is 12.0. The van der Waals surface area contributed by atoms with Crippen molar-refractivity contribution < 1.29 is 19.1 Å². The highest BCUT2D eigenvalue weighted by Gasteiger charge is 2.45. The van der Waals surface area contributed by atoms with Gasteiger partial charge in [0, 0.05) is 57.3 Å². The van der Waals surface area contributed by atoms with E-state index in [1.165, 1.54) is 0 Å². The molecule has 152 valence electrons. The minimum absolute atomic E-state index is 0.194. The molecule has 0 atom stereocenters. The predicted molar refractivity (Wildman–Crippen MR) is 103 cm³/mol. The summed E-state index contributed by atoms with van der Waals surface area (Å²) < 4.78 is 10.9. The number of ether oxygens (including phenoxy) is 2. The standard InChI is InChI=1S/C20H28N4O4/c1-2-27-19(26)24-10-5-15(6-11-24)14-23-12-7-20(8-13-23)16-4-3-9-21-17(16)22-18(25)28-20/h3-4,9,15H,2,5-8,10-14H2,1H3,(H,21,22,25). The number of carbonyl (C=O) groups excluding carboxylic acids is 2. The van der Waals surface area contributed by atoms with Crippen molar-refractivity contribution in [2.24, 2.45) is 5.92 Å². The Kier molecular flexibility index (Phi) is 5.39. The highest BCUT2D eigenvalue weighted by atomic mass is 16.6. The van der Waals surface area contributed by atoms with Crippen LogP contribution in [-0.4, -0.2) is 66.3 Å². The number of anilines is 1. The monoisotopic (exact) mass is 388 g/mol. The highest BCUT2D eigenvalue weighted by molar-refractivity contribution is 5.87. The van der Waals surface area contributed by atoms with E-state index in [4.69, 9.17) is 9.47 Å². The van der Waals surface area contributed by atoms with Crippen molar-refractivity contribution in [2.75, 3.05) is 44.6 Å². The Morgan fingerprint density at radius 3 is 2.79 bits per heavy atom. The number of aromatic nitrogens is 1. The number of piperidine rings is 2. The Hall–Kier alpha value is -2.35. The number of nitrogens with one attached hydrogen (secondary N) is 1. The molecule has 3 aliphatic heterocycles. The molecular formula is C20H28N4O4. The van der Waals surface area contributed by atoms with Crippen LogP contribution in [-0.2, 0) is 15.1 Å². The van der Waals surface area contributed by atoms with Crippen LogP contribution in [0.5, 0.6) is 0 Å². The van der Waals surface area contributed by atoms with Crippen LogP contribution < -0.4 is 5.32 Å². The van der Waals surface area contributed by atoms with Gasteiger partial charge in [-0.15, -0.1) is 0 Å². The number of carbonyl (C=O) groups is 2. The topological polar surface area (TPSA) is 84.0 Å². The van der Waals surface area contributed by atoms with Gasteiger partial charge < -0.3 is 19.3 Å². The maximum absolute atomic E-state index is 12.0. The van der Waals surface area contributed by atoms with Crippen LogP contribution in [0, 0.1) is 5.92 Å². The van der Waals surface area contributed by atoms with Gasteiger partial charge in [0.1, 0.15) is 11.4 Å². The second-order valence-corrected chi connectivity index (χ2v) is 7.84. The van der Waals surface area contributed by atoms with Crippen molar-refractivity contribution in [3.05, 3.63) is 23.9 Å². The zero-order valence-corrected chi connectivity index (χ0v) is 16.4. The summed E-state index contributed by atoms with van der Waals surface area (Å²) in [4.78, 5) is 32.4. The molecule has 0 radical (unpaired) electrons. The molecule has 2 fully saturated rings. The summed E-state index contributed by atoms with van der Waals surface area (Å²) in [5.41, 5.74) is 0.424. The molecule has 1 aromatic heterocycles. The average molecular weight is 388 g/mol. The normalized spacial score (nSPS) is 22.3. The third kappa shape index (κ3) is 3.78. The molecular weight excluding hydrogens is 360 g/mol. The zero-order valence-electron chi connectivity index (χ0n) is 16.4. The van der Waals surface area contributed by atoms with Gasteiger partial charge in [-0.05, 0) is 37.8 Å². The van der Waals surface area contributed by atoms with Crippen molar-refractivity contribution in [2.45, 2.75) is 38.2 Å². The van der Waals surface area contributed by atoms with Gasteiger partial charge >= 0.3 is 12.2 Å². The van der Waals surface area contributed by atoms with Gasteiger partial charge in [0.2, 0.25) is 0 Å². The smallest absolute Gasteiger partial charge is 0.413 e. The first kappa shape index (κ1) is 19.0. The second-order valence-electron chi connectivity index (χ2n) is 7.84. The van der Waals surface area contributed by atoms with Crippen LogP contribution in [0.4, 0.5) is 15.4 Å². The molecule has 1 aromatic rings. The predicted octanol–water partition coefficient (Wildman–Crippen LogP) is 2.80. The Balaban J connectivity index is 1.31. The molecule has 4 rings (SSSR count). The number of hydrogen-bond donors (Lipinski definition) is 1. The number of hydrogen-bond acceptors (Lipinski definition) is 6. The zero-order chi connectivity index (χ0) is 19.6. The van der Waals surface area contributed by atoms with Gasteiger partial charge in [-0.2, -0.15) is 0 Å². The number of amides is 2. The second kappa shape index (κ2) is 7.95. The van der Waals surface area contributed by atoms with Crippen LogP contribution in [0.2, 0.25) is 0 Å². The Morgan fingerprint density at radius 2 is 2.07 bits per heavy atom. The van der Waals surface area contributed by atoms with Gasteiger partial charge in [0.05, 0.1) is 6.61 Å². The first-order valence-corrected chi connectivity index (χ1v) is 10.2. The molecule has 0 aromatic carbocycles. The lowest BCUT2D eigenvalue weighted by Gasteiger charge is -2.44. The van der Waals surface area contributed by atoms with Gasteiger partial charge in [-0.3, -0.25) is 5.32 Å². The SMILES string of the molecule is CCOC(=O)N1CCC(CN2CCC3(CC2)OC(=O)Nc2ncccc23)CC1. The van der Waals surface area contributed by atoms with Crippen LogP contribution >= 0.6 is 0 Å². The van der Waals surface area contributed by atoms with Gasteiger partial charge in [-0.1, -0.05) is 0 Å².